The molecule has 0 fully saturated rings. The second-order valence-corrected chi connectivity index (χ2v) is 3.84. The van der Waals surface area contributed by atoms with Gasteiger partial charge in [0.1, 0.15) is 11.1 Å². The fourth-order valence-electron chi connectivity index (χ4n) is 1.82. The van der Waals surface area contributed by atoms with E-state index in [9.17, 15) is 9.59 Å². The van der Waals surface area contributed by atoms with E-state index in [-0.39, 0.29) is 18.0 Å². The van der Waals surface area contributed by atoms with Crippen LogP contribution >= 0.6 is 12.4 Å². The first kappa shape index (κ1) is 14.3. The van der Waals surface area contributed by atoms with Gasteiger partial charge in [-0.3, -0.25) is 0 Å². The van der Waals surface area contributed by atoms with Crippen LogP contribution in [-0.4, -0.2) is 11.1 Å². The summed E-state index contributed by atoms with van der Waals surface area (Å²) in [4.78, 5) is 22.3. The van der Waals surface area contributed by atoms with Gasteiger partial charge in [0.05, 0.1) is 0 Å². The Morgan fingerprint density at radius 2 is 2.11 bits per heavy atom. The van der Waals surface area contributed by atoms with Crippen LogP contribution in [0.3, 0.4) is 0 Å². The molecular weight excluding hydrogens is 256 g/mol. The topological polar surface area (TPSA) is 67.5 Å². The molecule has 0 aliphatic carbocycles. The summed E-state index contributed by atoms with van der Waals surface area (Å²) in [7, 11) is 0. The van der Waals surface area contributed by atoms with E-state index >= 15 is 0 Å². The van der Waals surface area contributed by atoms with Crippen LogP contribution in [0, 0.1) is 0 Å². The number of hydrogen-bond acceptors (Lipinski definition) is 3. The zero-order valence-corrected chi connectivity index (χ0v) is 10.6. The van der Waals surface area contributed by atoms with E-state index in [1.54, 1.807) is 6.07 Å². The van der Waals surface area contributed by atoms with Crippen LogP contribution in [-0.2, 0) is 6.42 Å². The summed E-state index contributed by atoms with van der Waals surface area (Å²) in [6, 6.07) is 6.82. The number of para-hydroxylation sites is 1. The summed E-state index contributed by atoms with van der Waals surface area (Å²) in [5, 5.41) is 9.48. The van der Waals surface area contributed by atoms with E-state index in [1.165, 1.54) is 6.07 Å². The molecule has 0 aliphatic heterocycles. The smallest absolute Gasteiger partial charge is 0.351 e. The molecule has 0 spiro atoms. The van der Waals surface area contributed by atoms with Gasteiger partial charge in [-0.1, -0.05) is 31.5 Å². The van der Waals surface area contributed by atoms with Crippen molar-refractivity contribution in [3.8, 4) is 0 Å². The van der Waals surface area contributed by atoms with Crippen molar-refractivity contribution in [1.29, 1.82) is 0 Å². The Bertz CT molecular complexity index is 630. The van der Waals surface area contributed by atoms with Gasteiger partial charge < -0.3 is 9.52 Å². The number of rotatable bonds is 3. The molecule has 0 saturated heterocycles. The van der Waals surface area contributed by atoms with Crippen molar-refractivity contribution >= 4 is 29.3 Å². The number of aryl methyl sites for hydroxylation is 1. The molecule has 2 rings (SSSR count). The number of hydrogen-bond donors (Lipinski definition) is 1. The minimum atomic E-state index is -1.26. The molecule has 0 aliphatic rings. The van der Waals surface area contributed by atoms with Crippen molar-refractivity contribution in [2.24, 2.45) is 0 Å². The molecule has 0 radical (unpaired) electrons. The van der Waals surface area contributed by atoms with Crippen molar-refractivity contribution in [3.05, 3.63) is 45.8 Å². The molecule has 18 heavy (non-hydrogen) atoms. The molecule has 4 nitrogen and oxygen atoms in total. The van der Waals surface area contributed by atoms with Crippen LogP contribution in [0.25, 0.3) is 11.0 Å². The first-order valence-corrected chi connectivity index (χ1v) is 5.42. The Kier molecular flexibility index (Phi) is 4.50. The van der Waals surface area contributed by atoms with Gasteiger partial charge in [0.15, 0.2) is 0 Å². The van der Waals surface area contributed by atoms with Crippen LogP contribution in [0.4, 0.5) is 0 Å². The van der Waals surface area contributed by atoms with Gasteiger partial charge in [-0.15, -0.1) is 12.4 Å². The predicted molar refractivity (Wildman–Crippen MR) is 70.7 cm³/mol. The molecule has 1 aromatic carbocycles. The maximum atomic E-state index is 11.5. The highest BCUT2D eigenvalue weighted by molar-refractivity contribution is 5.92. The van der Waals surface area contributed by atoms with Gasteiger partial charge in [-0.2, -0.15) is 0 Å². The maximum absolute atomic E-state index is 11.5. The predicted octanol–water partition coefficient (Wildman–Crippen LogP) is 2.87. The van der Waals surface area contributed by atoms with E-state index in [2.05, 4.69) is 0 Å². The lowest BCUT2D eigenvalue weighted by Gasteiger charge is -2.04. The third-order valence-electron chi connectivity index (χ3n) is 2.59. The summed E-state index contributed by atoms with van der Waals surface area (Å²) in [6.45, 7) is 2.03. The molecular formula is C13H13ClO4. The fourth-order valence-corrected chi connectivity index (χ4v) is 1.82. The van der Waals surface area contributed by atoms with Crippen molar-refractivity contribution in [1.82, 2.24) is 0 Å². The highest BCUT2D eigenvalue weighted by atomic mass is 35.5. The average molecular weight is 269 g/mol. The minimum absolute atomic E-state index is 0. The molecule has 0 bridgehead atoms. The summed E-state index contributed by atoms with van der Waals surface area (Å²) >= 11 is 0. The van der Waals surface area contributed by atoms with Crippen LogP contribution in [0.5, 0.6) is 0 Å². The first-order chi connectivity index (χ1) is 8.13. The number of carbonyl (C=O) groups is 1. The standard InChI is InChI=1S/C13H12O4.ClH/c1-2-4-8-5-3-6-9-7-10(12(14)15)13(16)17-11(8)9;/h3,5-7H,2,4H2,1H3,(H,14,15);1H. The van der Waals surface area contributed by atoms with E-state index in [4.69, 9.17) is 9.52 Å². The molecule has 1 aromatic heterocycles. The second-order valence-electron chi connectivity index (χ2n) is 3.84. The van der Waals surface area contributed by atoms with E-state index < -0.39 is 11.6 Å². The fraction of sp³-hybridized carbons (Fsp3) is 0.231. The summed E-state index contributed by atoms with van der Waals surface area (Å²) in [6.07, 6.45) is 1.73. The number of fused-ring (bicyclic) bond motifs is 1. The molecule has 2 aromatic rings. The number of carboxylic acid groups (broad SMARTS) is 1. The van der Waals surface area contributed by atoms with Crippen LogP contribution < -0.4 is 5.63 Å². The van der Waals surface area contributed by atoms with Crippen LogP contribution in [0.15, 0.2) is 33.5 Å². The van der Waals surface area contributed by atoms with Gasteiger partial charge in [-0.25, -0.2) is 9.59 Å². The molecule has 0 saturated carbocycles. The molecule has 0 amide bonds. The Balaban J connectivity index is 0.00000162. The lowest BCUT2D eigenvalue weighted by molar-refractivity contribution is 0.0692. The monoisotopic (exact) mass is 268 g/mol. The molecule has 96 valence electrons. The largest absolute Gasteiger partial charge is 0.477 e. The molecule has 0 atom stereocenters. The second kappa shape index (κ2) is 5.69. The van der Waals surface area contributed by atoms with Gasteiger partial charge in [0, 0.05) is 5.39 Å². The van der Waals surface area contributed by atoms with Crippen LogP contribution in [0.1, 0.15) is 29.3 Å². The lowest BCUT2D eigenvalue weighted by Crippen LogP contribution is -2.13. The number of carboxylic acids is 1. The normalized spacial score (nSPS) is 10.1. The van der Waals surface area contributed by atoms with Crippen molar-refractivity contribution in [3.63, 3.8) is 0 Å². The maximum Gasteiger partial charge on any atom is 0.351 e. The molecule has 0 unspecified atom stereocenters. The molecule has 5 heteroatoms. The number of halogens is 1. The molecule has 1 N–H and O–H groups in total. The van der Waals surface area contributed by atoms with E-state index in [0.29, 0.717) is 11.0 Å². The Hall–Kier alpha value is -1.81. The number of aromatic carboxylic acids is 1. The first-order valence-electron chi connectivity index (χ1n) is 5.42. The van der Waals surface area contributed by atoms with Crippen molar-refractivity contribution in [2.45, 2.75) is 19.8 Å². The van der Waals surface area contributed by atoms with Crippen LogP contribution in [0.2, 0.25) is 0 Å². The Labute approximate surface area is 110 Å². The third kappa shape index (κ3) is 2.54. The highest BCUT2D eigenvalue weighted by Gasteiger charge is 2.13. The van der Waals surface area contributed by atoms with Gasteiger partial charge in [-0.05, 0) is 18.1 Å². The average Bonchev–Trinajstić information content (AvgIpc) is 2.29. The minimum Gasteiger partial charge on any atom is -0.477 e. The number of benzene rings is 1. The van der Waals surface area contributed by atoms with Gasteiger partial charge in [0.2, 0.25) is 0 Å². The highest BCUT2D eigenvalue weighted by Crippen LogP contribution is 2.19. The Morgan fingerprint density at radius 3 is 2.72 bits per heavy atom. The van der Waals surface area contributed by atoms with Gasteiger partial charge >= 0.3 is 11.6 Å². The zero-order chi connectivity index (χ0) is 12.4. The summed E-state index contributed by atoms with van der Waals surface area (Å²) in [5.74, 6) is -1.26. The Morgan fingerprint density at radius 1 is 1.39 bits per heavy atom. The van der Waals surface area contributed by atoms with E-state index in [0.717, 1.165) is 18.4 Å². The SMILES string of the molecule is CCCc1cccc2cc(C(=O)O)c(=O)oc12.Cl. The van der Waals surface area contributed by atoms with Gasteiger partial charge in [0.25, 0.3) is 0 Å². The zero-order valence-electron chi connectivity index (χ0n) is 9.80. The van der Waals surface area contributed by atoms with Crippen molar-refractivity contribution < 1.29 is 14.3 Å². The summed E-state index contributed by atoms with van der Waals surface area (Å²) in [5.41, 5.74) is 0.295. The van der Waals surface area contributed by atoms with Crippen molar-refractivity contribution in [2.75, 3.05) is 0 Å². The van der Waals surface area contributed by atoms with E-state index in [1.807, 2.05) is 19.1 Å². The summed E-state index contributed by atoms with van der Waals surface area (Å²) < 4.78 is 5.10. The molecule has 1 heterocycles. The lowest BCUT2D eigenvalue weighted by atomic mass is 10.1. The third-order valence-corrected chi connectivity index (χ3v) is 2.59. The quantitative estimate of drug-likeness (QED) is 0.869.